The number of nitrogens with zero attached hydrogens (tertiary/aromatic N) is 3. The Hall–Kier alpha value is -2.94. The molecular weight excluding hydrogens is 451 g/mol. The van der Waals surface area contributed by atoms with Crippen LogP contribution in [0.4, 0.5) is 28.7 Å². The van der Waals surface area contributed by atoms with Crippen molar-refractivity contribution in [1.29, 1.82) is 0 Å². The van der Waals surface area contributed by atoms with Crippen LogP contribution >= 0.6 is 22.6 Å². The molecule has 0 radical (unpaired) electrons. The molecule has 0 saturated heterocycles. The highest BCUT2D eigenvalue weighted by molar-refractivity contribution is 14.1. The largest absolute Gasteiger partial charge is 0.393 e. The fourth-order valence-corrected chi connectivity index (χ4v) is 3.12. The first-order valence-corrected chi connectivity index (χ1v) is 9.44. The van der Waals surface area contributed by atoms with Gasteiger partial charge in [-0.3, -0.25) is 4.98 Å². The second kappa shape index (κ2) is 7.36. The zero-order valence-electron chi connectivity index (χ0n) is 14.6. The minimum Gasteiger partial charge on any atom is -0.393 e. The van der Waals surface area contributed by atoms with Gasteiger partial charge in [0.25, 0.3) is 0 Å². The van der Waals surface area contributed by atoms with Crippen LogP contribution < -0.4 is 16.4 Å². The van der Waals surface area contributed by atoms with Crippen LogP contribution in [0.5, 0.6) is 0 Å². The first kappa shape index (κ1) is 17.5. The Kier molecular flexibility index (Phi) is 4.76. The molecule has 0 unspecified atom stereocenters. The van der Waals surface area contributed by atoms with E-state index >= 15 is 0 Å². The Morgan fingerprint density at radius 1 is 0.889 bits per heavy atom. The van der Waals surface area contributed by atoms with Gasteiger partial charge < -0.3 is 16.4 Å². The number of rotatable bonds is 4. The summed E-state index contributed by atoms with van der Waals surface area (Å²) in [7, 11) is 0. The number of fused-ring (bicyclic) bond motifs is 1. The number of hydrogen-bond acceptors (Lipinski definition) is 6. The van der Waals surface area contributed by atoms with Gasteiger partial charge in [-0.15, -0.1) is 0 Å². The zero-order valence-corrected chi connectivity index (χ0v) is 16.7. The topological polar surface area (TPSA) is 88.8 Å². The van der Waals surface area contributed by atoms with Crippen LogP contribution in [-0.2, 0) is 0 Å². The zero-order chi connectivity index (χ0) is 18.8. The molecule has 4 aromatic rings. The predicted octanol–water partition coefficient (Wildman–Crippen LogP) is 5.01. The third kappa shape index (κ3) is 3.77. The van der Waals surface area contributed by atoms with Crippen molar-refractivity contribution in [2.45, 2.75) is 6.92 Å². The lowest BCUT2D eigenvalue weighted by molar-refractivity contribution is 1.17. The molecule has 134 valence electrons. The van der Waals surface area contributed by atoms with Gasteiger partial charge in [0.05, 0.1) is 5.52 Å². The van der Waals surface area contributed by atoms with Crippen LogP contribution in [0.1, 0.15) is 5.69 Å². The molecule has 0 aliphatic carbocycles. The summed E-state index contributed by atoms with van der Waals surface area (Å²) in [4.78, 5) is 13.1. The van der Waals surface area contributed by atoms with E-state index in [9.17, 15) is 0 Å². The molecule has 4 N–H and O–H groups in total. The van der Waals surface area contributed by atoms with Gasteiger partial charge in [-0.25, -0.2) is 9.97 Å². The van der Waals surface area contributed by atoms with E-state index in [2.05, 4.69) is 48.2 Å². The molecule has 7 heteroatoms. The Morgan fingerprint density at radius 2 is 1.63 bits per heavy atom. The van der Waals surface area contributed by atoms with E-state index in [-0.39, 0.29) is 0 Å². The summed E-state index contributed by atoms with van der Waals surface area (Å²) in [6, 6.07) is 18.0. The number of nitrogens with one attached hydrogen (secondary N) is 2. The molecule has 2 aromatic carbocycles. The molecule has 0 bridgehead atoms. The number of halogens is 1. The van der Waals surface area contributed by atoms with Crippen molar-refractivity contribution in [2.75, 3.05) is 16.4 Å². The Bertz CT molecular complexity index is 1110. The summed E-state index contributed by atoms with van der Waals surface area (Å²) >= 11 is 2.27. The molecule has 2 aromatic heterocycles. The first-order valence-electron chi connectivity index (χ1n) is 8.36. The van der Waals surface area contributed by atoms with Gasteiger partial charge in [0, 0.05) is 26.0 Å². The van der Waals surface area contributed by atoms with Crippen molar-refractivity contribution in [3.05, 3.63) is 70.2 Å². The van der Waals surface area contributed by atoms with Crippen molar-refractivity contribution in [3.63, 3.8) is 0 Å². The smallest absolute Gasteiger partial charge is 0.159 e. The number of benzene rings is 2. The fraction of sp³-hybridized carbons (Fsp3) is 0.0500. The van der Waals surface area contributed by atoms with Crippen LogP contribution in [0.2, 0.25) is 0 Å². The Morgan fingerprint density at radius 3 is 2.41 bits per heavy atom. The maximum absolute atomic E-state index is 6.31. The standard InChI is InChI=1S/C20H17IN6/c1-12-5-10-15-16(25-12)3-2-4-17(15)27-20-18(22)19(23-11-24-20)26-14-8-6-13(21)7-9-14/h2-11H,22H2,1H3,(H2,23,24,26,27). The minimum atomic E-state index is 0.452. The fourth-order valence-electron chi connectivity index (χ4n) is 2.76. The van der Waals surface area contributed by atoms with E-state index in [0.29, 0.717) is 17.3 Å². The number of nitrogens with two attached hydrogens (primary N) is 1. The number of hydrogen-bond donors (Lipinski definition) is 3. The lowest BCUT2D eigenvalue weighted by atomic mass is 10.1. The van der Waals surface area contributed by atoms with Gasteiger partial charge in [-0.05, 0) is 78.0 Å². The number of nitrogen functional groups attached to an aromatic ring is 1. The summed E-state index contributed by atoms with van der Waals surface area (Å²) < 4.78 is 1.16. The summed E-state index contributed by atoms with van der Waals surface area (Å²) in [6.07, 6.45) is 1.49. The summed E-state index contributed by atoms with van der Waals surface area (Å²) in [5.74, 6) is 1.11. The highest BCUT2D eigenvalue weighted by Crippen LogP contribution is 2.31. The summed E-state index contributed by atoms with van der Waals surface area (Å²) in [6.45, 7) is 1.98. The SMILES string of the molecule is Cc1ccc2c(Nc3ncnc(Nc4ccc(I)cc4)c3N)cccc2n1. The van der Waals surface area contributed by atoms with E-state index in [0.717, 1.165) is 31.5 Å². The van der Waals surface area contributed by atoms with E-state index in [1.807, 2.05) is 61.5 Å². The van der Waals surface area contributed by atoms with Crippen molar-refractivity contribution in [1.82, 2.24) is 15.0 Å². The van der Waals surface area contributed by atoms with Crippen LogP contribution in [0.3, 0.4) is 0 Å². The average molecular weight is 468 g/mol. The summed E-state index contributed by atoms with van der Waals surface area (Å²) in [5.41, 5.74) is 10.5. The summed E-state index contributed by atoms with van der Waals surface area (Å²) in [5, 5.41) is 7.56. The van der Waals surface area contributed by atoms with Crippen molar-refractivity contribution in [2.24, 2.45) is 0 Å². The van der Waals surface area contributed by atoms with Gasteiger partial charge in [0.1, 0.15) is 12.0 Å². The van der Waals surface area contributed by atoms with Crippen LogP contribution in [0, 0.1) is 10.5 Å². The highest BCUT2D eigenvalue weighted by Gasteiger charge is 2.10. The molecule has 0 saturated carbocycles. The number of aryl methyl sites for hydroxylation is 1. The minimum absolute atomic E-state index is 0.452. The van der Waals surface area contributed by atoms with E-state index in [1.54, 1.807) is 0 Å². The number of pyridine rings is 1. The molecule has 0 atom stereocenters. The van der Waals surface area contributed by atoms with Gasteiger partial charge in [-0.2, -0.15) is 0 Å². The lowest BCUT2D eigenvalue weighted by Gasteiger charge is -2.14. The van der Waals surface area contributed by atoms with Crippen molar-refractivity contribution < 1.29 is 0 Å². The maximum atomic E-state index is 6.31. The van der Waals surface area contributed by atoms with Crippen LogP contribution in [0.15, 0.2) is 60.9 Å². The van der Waals surface area contributed by atoms with E-state index < -0.39 is 0 Å². The van der Waals surface area contributed by atoms with Crippen LogP contribution in [-0.4, -0.2) is 15.0 Å². The van der Waals surface area contributed by atoms with Crippen LogP contribution in [0.25, 0.3) is 10.9 Å². The molecule has 0 aliphatic heterocycles. The van der Waals surface area contributed by atoms with Crippen molar-refractivity contribution in [3.8, 4) is 0 Å². The highest BCUT2D eigenvalue weighted by atomic mass is 127. The molecule has 4 rings (SSSR count). The molecule has 27 heavy (non-hydrogen) atoms. The maximum Gasteiger partial charge on any atom is 0.159 e. The molecule has 0 fully saturated rings. The van der Waals surface area contributed by atoms with Gasteiger partial charge in [0.15, 0.2) is 11.6 Å². The monoisotopic (exact) mass is 468 g/mol. The number of anilines is 5. The van der Waals surface area contributed by atoms with E-state index in [1.165, 1.54) is 6.33 Å². The van der Waals surface area contributed by atoms with Crippen molar-refractivity contribution >= 4 is 62.2 Å². The molecular formula is C20H17IN6. The van der Waals surface area contributed by atoms with Gasteiger partial charge in [-0.1, -0.05) is 6.07 Å². The third-order valence-corrected chi connectivity index (χ3v) is 4.83. The second-order valence-corrected chi connectivity index (χ2v) is 7.31. The first-order chi connectivity index (χ1) is 13.1. The lowest BCUT2D eigenvalue weighted by Crippen LogP contribution is -2.05. The third-order valence-electron chi connectivity index (χ3n) is 4.12. The Labute approximate surface area is 170 Å². The van der Waals surface area contributed by atoms with Gasteiger partial charge in [0.2, 0.25) is 0 Å². The van der Waals surface area contributed by atoms with Gasteiger partial charge >= 0.3 is 0 Å². The quantitative estimate of drug-likeness (QED) is 0.365. The molecule has 0 aliphatic rings. The molecule has 2 heterocycles. The predicted molar refractivity (Wildman–Crippen MR) is 119 cm³/mol. The van der Waals surface area contributed by atoms with E-state index in [4.69, 9.17) is 5.73 Å². The Balaban J connectivity index is 1.66. The normalized spacial score (nSPS) is 10.7. The number of aromatic nitrogens is 3. The second-order valence-electron chi connectivity index (χ2n) is 6.07. The molecule has 0 spiro atoms. The molecule has 0 amide bonds. The molecule has 6 nitrogen and oxygen atoms in total. The average Bonchev–Trinajstić information content (AvgIpc) is 2.66.